The summed E-state index contributed by atoms with van der Waals surface area (Å²) in [5.41, 5.74) is 0.745. The average molecular weight is 569 g/mol. The van der Waals surface area contributed by atoms with Crippen LogP contribution >= 0.6 is 0 Å². The molecule has 4 aromatic carbocycles. The second-order valence-electron chi connectivity index (χ2n) is 8.35. The van der Waals surface area contributed by atoms with Gasteiger partial charge in [-0.05, 0) is 97.1 Å². The molecule has 4 rings (SSSR count). The highest BCUT2D eigenvalue weighted by Crippen LogP contribution is 2.21. The lowest BCUT2D eigenvalue weighted by atomic mass is 10.2. The van der Waals surface area contributed by atoms with Gasteiger partial charge in [-0.15, -0.1) is 0 Å². The standard InChI is InChI=1S/C32H24O10/c1-3-29(33)39-20-38-25-10-4-21(5-11-25)30(34)40-26-12-6-22(7-13-26)31(35)41-27-14-8-23(9-15-27)32(36)42-28-18-16-24(37-2)17-19-28/h3-19H,1,20H2,2H3. The molecule has 0 spiro atoms. The number of hydrogen-bond acceptors (Lipinski definition) is 10. The minimum absolute atomic E-state index is 0.216. The fourth-order valence-corrected chi connectivity index (χ4v) is 3.36. The Bertz CT molecular complexity index is 1560. The van der Waals surface area contributed by atoms with Gasteiger partial charge in [-0.25, -0.2) is 19.2 Å². The second-order valence-corrected chi connectivity index (χ2v) is 8.35. The van der Waals surface area contributed by atoms with Crippen molar-refractivity contribution in [3.63, 3.8) is 0 Å². The molecule has 0 heterocycles. The topological polar surface area (TPSA) is 124 Å². The van der Waals surface area contributed by atoms with Gasteiger partial charge in [0.05, 0.1) is 23.8 Å². The van der Waals surface area contributed by atoms with Crippen molar-refractivity contribution >= 4 is 23.9 Å². The van der Waals surface area contributed by atoms with Crippen molar-refractivity contribution < 1.29 is 47.6 Å². The van der Waals surface area contributed by atoms with Crippen LogP contribution in [-0.2, 0) is 9.53 Å². The van der Waals surface area contributed by atoms with Gasteiger partial charge in [-0.2, -0.15) is 0 Å². The minimum atomic E-state index is -0.643. The van der Waals surface area contributed by atoms with Crippen LogP contribution in [0.2, 0.25) is 0 Å². The maximum Gasteiger partial charge on any atom is 0.343 e. The first-order chi connectivity index (χ1) is 20.3. The Balaban J connectivity index is 1.27. The maximum absolute atomic E-state index is 12.6. The summed E-state index contributed by atoms with van der Waals surface area (Å²) in [5.74, 6) is -0.634. The van der Waals surface area contributed by atoms with Gasteiger partial charge < -0.3 is 28.4 Å². The Morgan fingerprint density at radius 2 is 0.881 bits per heavy atom. The molecule has 0 aromatic heterocycles. The quantitative estimate of drug-likeness (QED) is 0.100. The van der Waals surface area contributed by atoms with Crippen LogP contribution in [-0.4, -0.2) is 37.8 Å². The van der Waals surface area contributed by atoms with Gasteiger partial charge in [0.1, 0.15) is 28.7 Å². The van der Waals surface area contributed by atoms with Crippen molar-refractivity contribution in [2.24, 2.45) is 0 Å². The zero-order chi connectivity index (χ0) is 29.9. The SMILES string of the molecule is C=CC(=O)OCOc1ccc(C(=O)Oc2ccc(C(=O)Oc3ccc(C(=O)Oc4ccc(OC)cc4)cc3)cc2)cc1. The molecule has 0 amide bonds. The molecule has 0 aliphatic heterocycles. The highest BCUT2D eigenvalue weighted by Gasteiger charge is 2.14. The molecule has 0 aliphatic rings. The Kier molecular flexibility index (Phi) is 9.66. The number of hydrogen-bond donors (Lipinski definition) is 0. The summed E-state index contributed by atoms with van der Waals surface area (Å²) in [7, 11) is 1.54. The van der Waals surface area contributed by atoms with Crippen molar-refractivity contribution in [2.45, 2.75) is 0 Å². The lowest BCUT2D eigenvalue weighted by molar-refractivity contribution is -0.144. The maximum atomic E-state index is 12.6. The van der Waals surface area contributed by atoms with E-state index in [1.165, 1.54) is 72.8 Å². The molecular weight excluding hydrogens is 544 g/mol. The molecule has 0 saturated heterocycles. The van der Waals surface area contributed by atoms with E-state index in [-0.39, 0.29) is 35.0 Å². The molecule has 10 heteroatoms. The van der Waals surface area contributed by atoms with Crippen LogP contribution in [0.1, 0.15) is 31.1 Å². The van der Waals surface area contributed by atoms with Gasteiger partial charge in [0, 0.05) is 6.08 Å². The number of carbonyl (C=O) groups excluding carboxylic acids is 4. The van der Waals surface area contributed by atoms with Crippen molar-refractivity contribution in [3.05, 3.63) is 126 Å². The van der Waals surface area contributed by atoms with Crippen LogP contribution < -0.4 is 23.7 Å². The summed E-state index contributed by atoms with van der Waals surface area (Å²) in [6.07, 6.45) is 1.02. The van der Waals surface area contributed by atoms with E-state index in [1.54, 1.807) is 31.4 Å². The van der Waals surface area contributed by atoms with Crippen LogP contribution in [0.15, 0.2) is 110 Å². The Labute approximate surface area is 240 Å². The fourth-order valence-electron chi connectivity index (χ4n) is 3.36. The van der Waals surface area contributed by atoms with Crippen LogP contribution in [0.25, 0.3) is 0 Å². The Morgan fingerprint density at radius 1 is 0.548 bits per heavy atom. The van der Waals surface area contributed by atoms with Crippen LogP contribution in [0.4, 0.5) is 0 Å². The number of methoxy groups -OCH3 is 1. The molecule has 0 radical (unpaired) electrons. The summed E-state index contributed by atoms with van der Waals surface area (Å²) < 4.78 is 31.1. The van der Waals surface area contributed by atoms with E-state index >= 15 is 0 Å². The number of esters is 4. The highest BCUT2D eigenvalue weighted by atomic mass is 16.7. The molecule has 0 bridgehead atoms. The van der Waals surface area contributed by atoms with Gasteiger partial charge in [0.2, 0.25) is 6.79 Å². The van der Waals surface area contributed by atoms with E-state index in [2.05, 4.69) is 6.58 Å². The molecule has 10 nitrogen and oxygen atoms in total. The first-order valence-corrected chi connectivity index (χ1v) is 12.4. The molecule has 0 N–H and O–H groups in total. The third kappa shape index (κ3) is 8.06. The van der Waals surface area contributed by atoms with E-state index in [9.17, 15) is 19.2 Å². The van der Waals surface area contributed by atoms with Crippen molar-refractivity contribution in [1.29, 1.82) is 0 Å². The van der Waals surface area contributed by atoms with Gasteiger partial charge in [-0.1, -0.05) is 6.58 Å². The number of rotatable bonds is 11. The zero-order valence-electron chi connectivity index (χ0n) is 22.3. The molecule has 0 saturated carbocycles. The molecule has 212 valence electrons. The summed E-state index contributed by atoms with van der Waals surface area (Å²) in [4.78, 5) is 48.4. The Morgan fingerprint density at radius 3 is 1.24 bits per heavy atom. The lowest BCUT2D eigenvalue weighted by Crippen LogP contribution is -2.11. The van der Waals surface area contributed by atoms with Crippen LogP contribution in [0.5, 0.6) is 28.7 Å². The van der Waals surface area contributed by atoms with Crippen molar-refractivity contribution in [3.8, 4) is 28.7 Å². The van der Waals surface area contributed by atoms with Gasteiger partial charge >= 0.3 is 23.9 Å². The first-order valence-electron chi connectivity index (χ1n) is 12.4. The Hall–Kier alpha value is -5.90. The van der Waals surface area contributed by atoms with Gasteiger partial charge in [0.25, 0.3) is 0 Å². The normalized spacial score (nSPS) is 10.1. The first kappa shape index (κ1) is 29.1. The molecule has 4 aromatic rings. The molecule has 42 heavy (non-hydrogen) atoms. The third-order valence-corrected chi connectivity index (χ3v) is 5.55. The predicted molar refractivity (Wildman–Crippen MR) is 149 cm³/mol. The lowest BCUT2D eigenvalue weighted by Gasteiger charge is -2.08. The predicted octanol–water partition coefficient (Wildman–Crippen LogP) is 5.42. The van der Waals surface area contributed by atoms with Crippen LogP contribution in [0, 0.1) is 0 Å². The molecule has 0 unspecified atom stereocenters. The van der Waals surface area contributed by atoms with E-state index in [4.69, 9.17) is 28.4 Å². The second kappa shape index (κ2) is 13.9. The highest BCUT2D eigenvalue weighted by molar-refractivity contribution is 5.93. The summed E-state index contributed by atoms with van der Waals surface area (Å²) in [6.45, 7) is 2.99. The number of carbonyl (C=O) groups is 4. The average Bonchev–Trinajstić information content (AvgIpc) is 3.02. The van der Waals surface area contributed by atoms with E-state index in [1.807, 2.05) is 0 Å². The molecule has 0 aliphatic carbocycles. The number of benzene rings is 4. The minimum Gasteiger partial charge on any atom is -0.497 e. The summed E-state index contributed by atoms with van der Waals surface area (Å²) in [6, 6.07) is 24.3. The van der Waals surface area contributed by atoms with E-state index < -0.39 is 23.9 Å². The van der Waals surface area contributed by atoms with Gasteiger partial charge in [-0.3, -0.25) is 0 Å². The van der Waals surface area contributed by atoms with Crippen molar-refractivity contribution in [2.75, 3.05) is 13.9 Å². The van der Waals surface area contributed by atoms with Crippen LogP contribution in [0.3, 0.4) is 0 Å². The van der Waals surface area contributed by atoms with Crippen molar-refractivity contribution in [1.82, 2.24) is 0 Å². The summed E-state index contributed by atoms with van der Waals surface area (Å²) >= 11 is 0. The zero-order valence-corrected chi connectivity index (χ0v) is 22.3. The molecule has 0 atom stereocenters. The number of ether oxygens (including phenoxy) is 6. The molecule has 0 fully saturated rings. The van der Waals surface area contributed by atoms with E-state index in [0.717, 1.165) is 6.08 Å². The molecular formula is C32H24O10. The van der Waals surface area contributed by atoms with Gasteiger partial charge in [0.15, 0.2) is 0 Å². The largest absolute Gasteiger partial charge is 0.497 e. The fraction of sp³-hybridized carbons (Fsp3) is 0.0625. The monoisotopic (exact) mass is 568 g/mol. The van der Waals surface area contributed by atoms with E-state index in [0.29, 0.717) is 17.2 Å². The smallest absolute Gasteiger partial charge is 0.343 e. The summed E-state index contributed by atoms with van der Waals surface area (Å²) in [5, 5.41) is 0. The third-order valence-electron chi connectivity index (χ3n) is 5.55.